The van der Waals surface area contributed by atoms with Gasteiger partial charge in [-0.2, -0.15) is 13.2 Å². The number of benzene rings is 3. The fourth-order valence-electron chi connectivity index (χ4n) is 3.68. The molecule has 0 aromatic heterocycles. The molecule has 1 N–H and O–H groups in total. The fraction of sp³-hybridized carbons (Fsp3) is 0.240. The summed E-state index contributed by atoms with van der Waals surface area (Å²) in [5, 5.41) is 2.64. The smallest absolute Gasteiger partial charge is 0.360 e. The highest BCUT2D eigenvalue weighted by molar-refractivity contribution is 7.91. The molecular weight excluding hydrogens is 467 g/mol. The third-order valence-corrected chi connectivity index (χ3v) is 7.24. The second-order valence-electron chi connectivity index (χ2n) is 7.60. The highest BCUT2D eigenvalue weighted by atomic mass is 32.2. The molecule has 0 saturated heterocycles. The summed E-state index contributed by atoms with van der Waals surface area (Å²) >= 11 is 0. The van der Waals surface area contributed by atoms with Gasteiger partial charge in [-0.15, -0.1) is 0 Å². The zero-order chi connectivity index (χ0) is 25.0. The van der Waals surface area contributed by atoms with E-state index in [4.69, 9.17) is 4.74 Å². The lowest BCUT2D eigenvalue weighted by atomic mass is 9.85. The van der Waals surface area contributed by atoms with Gasteiger partial charge in [0.2, 0.25) is 11.5 Å². The number of alkyl halides is 3. The number of carbonyl (C=O) groups excluding carboxylic acids is 1. The zero-order valence-corrected chi connectivity index (χ0v) is 19.4. The number of anilines is 1. The highest BCUT2D eigenvalue weighted by Gasteiger charge is 2.58. The number of amides is 1. The Balaban J connectivity index is 1.78. The maximum Gasteiger partial charge on any atom is 0.425 e. The average Bonchev–Trinajstić information content (AvgIpc) is 2.81. The largest absolute Gasteiger partial charge is 0.425 e. The van der Waals surface area contributed by atoms with Crippen molar-refractivity contribution in [2.24, 2.45) is 0 Å². The quantitative estimate of drug-likeness (QED) is 0.475. The molecule has 0 saturated carbocycles. The van der Waals surface area contributed by atoms with E-state index in [0.717, 1.165) is 7.11 Å². The lowest BCUT2D eigenvalue weighted by Gasteiger charge is -2.35. The number of ether oxygens (including phenoxy) is 1. The van der Waals surface area contributed by atoms with Crippen LogP contribution in [0.5, 0.6) is 0 Å². The van der Waals surface area contributed by atoms with Crippen LogP contribution in [0.4, 0.5) is 18.9 Å². The maximum absolute atomic E-state index is 14.2. The van der Waals surface area contributed by atoms with Gasteiger partial charge in [0.25, 0.3) is 0 Å². The SMILES string of the molecule is CCS(=O)(=O)c1ccc(CC(=O)Nc2ccc(C(OC)(c3ccccc3)C(F)(F)F)cc2)cc1. The molecule has 3 rings (SSSR count). The molecule has 0 heterocycles. The molecule has 0 spiro atoms. The predicted molar refractivity (Wildman–Crippen MR) is 123 cm³/mol. The first-order valence-corrected chi connectivity index (χ1v) is 12.1. The van der Waals surface area contributed by atoms with Crippen LogP contribution in [0.15, 0.2) is 83.8 Å². The summed E-state index contributed by atoms with van der Waals surface area (Å²) < 4.78 is 71.4. The summed E-state index contributed by atoms with van der Waals surface area (Å²) in [5.41, 5.74) is -1.92. The summed E-state index contributed by atoms with van der Waals surface area (Å²) in [4.78, 5) is 12.6. The van der Waals surface area contributed by atoms with Crippen molar-refractivity contribution >= 4 is 21.4 Å². The number of nitrogens with one attached hydrogen (secondary N) is 1. The van der Waals surface area contributed by atoms with Crippen LogP contribution >= 0.6 is 0 Å². The predicted octanol–water partition coefficient (Wildman–Crippen LogP) is 5.11. The van der Waals surface area contributed by atoms with Crippen molar-refractivity contribution in [1.82, 2.24) is 0 Å². The minimum atomic E-state index is -4.73. The van der Waals surface area contributed by atoms with Crippen LogP contribution in [-0.2, 0) is 31.4 Å². The van der Waals surface area contributed by atoms with Crippen LogP contribution in [0.3, 0.4) is 0 Å². The van der Waals surface area contributed by atoms with Gasteiger partial charge in [0.1, 0.15) is 0 Å². The molecule has 5 nitrogen and oxygen atoms in total. The molecule has 1 atom stereocenters. The van der Waals surface area contributed by atoms with Crippen molar-refractivity contribution in [3.63, 3.8) is 0 Å². The first-order valence-electron chi connectivity index (χ1n) is 10.4. The normalized spacial score (nSPS) is 13.8. The van der Waals surface area contributed by atoms with Crippen molar-refractivity contribution in [2.45, 2.75) is 30.0 Å². The molecule has 0 aliphatic heterocycles. The van der Waals surface area contributed by atoms with E-state index in [-0.39, 0.29) is 28.2 Å². The molecule has 0 fully saturated rings. The van der Waals surface area contributed by atoms with Gasteiger partial charge in [-0.3, -0.25) is 4.79 Å². The molecule has 1 unspecified atom stereocenters. The van der Waals surface area contributed by atoms with E-state index in [2.05, 4.69) is 5.32 Å². The van der Waals surface area contributed by atoms with Crippen molar-refractivity contribution in [3.8, 4) is 0 Å². The molecule has 34 heavy (non-hydrogen) atoms. The molecule has 180 valence electrons. The number of hydrogen-bond donors (Lipinski definition) is 1. The van der Waals surface area contributed by atoms with Crippen molar-refractivity contribution in [3.05, 3.63) is 95.6 Å². The third kappa shape index (κ3) is 5.15. The summed E-state index contributed by atoms with van der Waals surface area (Å²) in [6.45, 7) is 1.55. The van der Waals surface area contributed by atoms with Crippen molar-refractivity contribution < 1.29 is 31.1 Å². The van der Waals surface area contributed by atoms with Crippen molar-refractivity contribution in [2.75, 3.05) is 18.2 Å². The lowest BCUT2D eigenvalue weighted by Crippen LogP contribution is -2.45. The van der Waals surface area contributed by atoms with Crippen LogP contribution in [-0.4, -0.2) is 33.4 Å². The Morgan fingerprint density at radius 2 is 1.44 bits per heavy atom. The van der Waals surface area contributed by atoms with Gasteiger partial charge in [-0.05, 0) is 41.0 Å². The Hall–Kier alpha value is -3.17. The Morgan fingerprint density at radius 1 is 0.882 bits per heavy atom. The van der Waals surface area contributed by atoms with E-state index >= 15 is 0 Å². The Bertz CT molecular complexity index is 1230. The highest BCUT2D eigenvalue weighted by Crippen LogP contribution is 2.47. The average molecular weight is 492 g/mol. The molecule has 1 amide bonds. The Kier molecular flexibility index (Phi) is 7.48. The van der Waals surface area contributed by atoms with Gasteiger partial charge < -0.3 is 10.1 Å². The molecule has 0 bridgehead atoms. The zero-order valence-electron chi connectivity index (χ0n) is 18.6. The molecule has 0 aliphatic carbocycles. The maximum atomic E-state index is 14.2. The first-order chi connectivity index (χ1) is 16.0. The van der Waals surface area contributed by atoms with Crippen LogP contribution in [0.2, 0.25) is 0 Å². The molecule has 3 aromatic rings. The van der Waals surface area contributed by atoms with Crippen LogP contribution in [0, 0.1) is 0 Å². The fourth-order valence-corrected chi connectivity index (χ4v) is 4.56. The minimum absolute atomic E-state index is 0.0220. The van der Waals surface area contributed by atoms with Gasteiger partial charge in [0.05, 0.1) is 17.1 Å². The lowest BCUT2D eigenvalue weighted by molar-refractivity contribution is -0.258. The molecule has 3 aromatic carbocycles. The van der Waals surface area contributed by atoms with E-state index in [1.165, 1.54) is 60.7 Å². The Morgan fingerprint density at radius 3 is 1.94 bits per heavy atom. The number of methoxy groups -OCH3 is 1. The van der Waals surface area contributed by atoms with Gasteiger partial charge in [-0.1, -0.05) is 61.5 Å². The summed E-state index contributed by atoms with van der Waals surface area (Å²) in [6.07, 6.45) is -4.76. The standard InChI is InChI=1S/C25H24F3NO4S/c1-3-34(31,32)22-15-9-18(10-16-22)17-23(30)29-21-13-11-20(12-14-21)24(33-2,25(26,27)28)19-7-5-4-6-8-19/h4-16H,3,17H2,1-2H3,(H,29,30). The van der Waals surface area contributed by atoms with Gasteiger partial charge >= 0.3 is 6.18 Å². The van der Waals surface area contributed by atoms with Crippen LogP contribution in [0.1, 0.15) is 23.6 Å². The summed E-state index contributed by atoms with van der Waals surface area (Å²) in [5.74, 6) is -0.415. The second kappa shape index (κ2) is 9.99. The monoisotopic (exact) mass is 491 g/mol. The van der Waals surface area contributed by atoms with Gasteiger partial charge in [0, 0.05) is 12.8 Å². The van der Waals surface area contributed by atoms with E-state index < -0.39 is 27.5 Å². The number of sulfone groups is 1. The Labute approximate surface area is 196 Å². The van der Waals surface area contributed by atoms with Crippen molar-refractivity contribution in [1.29, 1.82) is 0 Å². The van der Waals surface area contributed by atoms with Crippen LogP contribution < -0.4 is 5.32 Å². The van der Waals surface area contributed by atoms with E-state index in [1.54, 1.807) is 25.1 Å². The van der Waals surface area contributed by atoms with E-state index in [9.17, 15) is 26.4 Å². The summed E-state index contributed by atoms with van der Waals surface area (Å²) in [7, 11) is -2.32. The number of hydrogen-bond acceptors (Lipinski definition) is 4. The van der Waals surface area contributed by atoms with Gasteiger partial charge in [0.15, 0.2) is 9.84 Å². The summed E-state index contributed by atoms with van der Waals surface area (Å²) in [6, 6.07) is 18.6. The minimum Gasteiger partial charge on any atom is -0.360 e. The number of rotatable bonds is 8. The number of carbonyl (C=O) groups is 1. The third-order valence-electron chi connectivity index (χ3n) is 5.49. The molecule has 0 aliphatic rings. The molecule has 9 heteroatoms. The molecule has 0 radical (unpaired) electrons. The number of halogens is 3. The molecular formula is C25H24F3NO4S. The topological polar surface area (TPSA) is 72.5 Å². The van der Waals surface area contributed by atoms with Crippen LogP contribution in [0.25, 0.3) is 0 Å². The van der Waals surface area contributed by atoms with Gasteiger partial charge in [-0.25, -0.2) is 8.42 Å². The van der Waals surface area contributed by atoms with E-state index in [1.807, 2.05) is 0 Å². The second-order valence-corrected chi connectivity index (χ2v) is 9.88. The first kappa shape index (κ1) is 25.5. The van der Waals surface area contributed by atoms with E-state index in [0.29, 0.717) is 11.3 Å².